The average Bonchev–Trinajstić information content (AvgIpc) is 3.16. The number of nitrogens with zero attached hydrogens (tertiary/aromatic N) is 3. The lowest BCUT2D eigenvalue weighted by molar-refractivity contribution is 0.596. The average molecular weight is 387 g/mol. The Bertz CT molecular complexity index is 1280. The molecule has 4 aromatic rings. The summed E-state index contributed by atoms with van der Waals surface area (Å²) in [4.78, 5) is 19.2. The molecule has 0 radical (unpaired) electrons. The monoisotopic (exact) mass is 386 g/mol. The van der Waals surface area contributed by atoms with E-state index in [4.69, 9.17) is 11.6 Å². The number of nitrogens with one attached hydrogen (secondary N) is 1. The minimum atomic E-state index is -3.85. The molecule has 2 aromatic heterocycles. The minimum absolute atomic E-state index is 0.00171. The molecule has 26 heavy (non-hydrogen) atoms. The first-order chi connectivity index (χ1) is 12.5. The molecule has 0 unspecified atom stereocenters. The van der Waals surface area contributed by atoms with Crippen molar-refractivity contribution in [3.63, 3.8) is 0 Å². The van der Waals surface area contributed by atoms with Crippen molar-refractivity contribution in [1.82, 2.24) is 19.7 Å². The minimum Gasteiger partial charge on any atom is -0.290 e. The highest BCUT2D eigenvalue weighted by Crippen LogP contribution is 2.28. The van der Waals surface area contributed by atoms with E-state index in [-0.39, 0.29) is 37.2 Å². The number of sulfone groups is 1. The van der Waals surface area contributed by atoms with Gasteiger partial charge in [0.05, 0.1) is 25.7 Å². The maximum Gasteiger partial charge on any atom is 0.260 e. The lowest BCUT2D eigenvalue weighted by Gasteiger charge is -2.08. The van der Waals surface area contributed by atoms with Gasteiger partial charge in [0.1, 0.15) is 0 Å². The van der Waals surface area contributed by atoms with Gasteiger partial charge in [-0.1, -0.05) is 23.7 Å². The van der Waals surface area contributed by atoms with E-state index in [2.05, 4.69) is 15.1 Å². The molecule has 0 aliphatic carbocycles. The standard InChI is InChI=1S/C17H11ClN4O3S/c18-13-4-1-2-5-15(13)26(24,25)11-6-7-12-14(10-11)20-17(21-16(12)23)22-9-3-8-19-22/h1-10H,(H,20,21,23). The molecule has 0 spiro atoms. The molecule has 9 heteroatoms. The molecule has 0 atom stereocenters. The number of halogens is 1. The van der Waals surface area contributed by atoms with E-state index in [0.717, 1.165) is 0 Å². The van der Waals surface area contributed by atoms with Crippen molar-refractivity contribution in [2.75, 3.05) is 0 Å². The fourth-order valence-electron chi connectivity index (χ4n) is 2.57. The molecule has 2 aromatic carbocycles. The maximum absolute atomic E-state index is 12.9. The zero-order valence-corrected chi connectivity index (χ0v) is 14.7. The van der Waals surface area contributed by atoms with Crippen molar-refractivity contribution in [1.29, 1.82) is 0 Å². The number of aromatic nitrogens is 4. The highest BCUT2D eigenvalue weighted by molar-refractivity contribution is 7.91. The fourth-order valence-corrected chi connectivity index (χ4v) is 4.36. The van der Waals surface area contributed by atoms with Gasteiger partial charge in [0, 0.05) is 12.4 Å². The van der Waals surface area contributed by atoms with Crippen molar-refractivity contribution < 1.29 is 8.42 Å². The van der Waals surface area contributed by atoms with Crippen LogP contribution in [0.5, 0.6) is 0 Å². The number of fused-ring (bicyclic) bond motifs is 1. The predicted octanol–water partition coefficient (Wildman–Crippen LogP) is 2.60. The van der Waals surface area contributed by atoms with Crippen LogP contribution >= 0.6 is 11.6 Å². The molecule has 1 N–H and O–H groups in total. The molecule has 0 saturated carbocycles. The topological polar surface area (TPSA) is 97.7 Å². The number of hydrogen-bond acceptors (Lipinski definition) is 5. The Labute approximate surface area is 152 Å². The van der Waals surface area contributed by atoms with Crippen LogP contribution in [0.4, 0.5) is 0 Å². The van der Waals surface area contributed by atoms with Crippen molar-refractivity contribution in [3.8, 4) is 5.95 Å². The molecule has 0 amide bonds. The second-order valence-electron chi connectivity index (χ2n) is 5.45. The molecule has 0 aliphatic rings. The number of benzene rings is 2. The SMILES string of the molecule is O=c1[nH]c(-n2cccn2)nc2cc(S(=O)(=O)c3ccccc3Cl)ccc12. The molecule has 130 valence electrons. The van der Waals surface area contributed by atoms with E-state index in [1.165, 1.54) is 35.0 Å². The first-order valence-corrected chi connectivity index (χ1v) is 9.37. The van der Waals surface area contributed by atoms with Crippen LogP contribution in [0.15, 0.2) is 75.5 Å². The van der Waals surface area contributed by atoms with Crippen LogP contribution in [-0.2, 0) is 9.84 Å². The Morgan fingerprint density at radius 2 is 1.88 bits per heavy atom. The van der Waals surface area contributed by atoms with Gasteiger partial charge < -0.3 is 0 Å². The van der Waals surface area contributed by atoms with E-state index in [9.17, 15) is 13.2 Å². The Balaban J connectivity index is 1.93. The smallest absolute Gasteiger partial charge is 0.260 e. The van der Waals surface area contributed by atoms with Crippen molar-refractivity contribution in [2.24, 2.45) is 0 Å². The number of hydrogen-bond donors (Lipinski definition) is 1. The first kappa shape index (κ1) is 16.5. The molecule has 2 heterocycles. The van der Waals surface area contributed by atoms with Gasteiger partial charge in [-0.25, -0.2) is 18.1 Å². The van der Waals surface area contributed by atoms with Gasteiger partial charge in [-0.05, 0) is 36.4 Å². The van der Waals surface area contributed by atoms with Crippen molar-refractivity contribution in [2.45, 2.75) is 9.79 Å². The summed E-state index contributed by atoms with van der Waals surface area (Å²) in [5.74, 6) is 0.194. The normalized spacial score (nSPS) is 11.7. The van der Waals surface area contributed by atoms with Gasteiger partial charge in [-0.3, -0.25) is 9.78 Å². The molecule has 7 nitrogen and oxygen atoms in total. The Morgan fingerprint density at radius 3 is 2.62 bits per heavy atom. The van der Waals surface area contributed by atoms with E-state index >= 15 is 0 Å². The third kappa shape index (κ3) is 2.69. The van der Waals surface area contributed by atoms with Crippen LogP contribution in [-0.4, -0.2) is 28.2 Å². The first-order valence-electron chi connectivity index (χ1n) is 7.50. The summed E-state index contributed by atoms with van der Waals surface area (Å²) in [5, 5.41) is 4.42. The molecule has 0 saturated heterocycles. The van der Waals surface area contributed by atoms with Gasteiger partial charge >= 0.3 is 0 Å². The largest absolute Gasteiger partial charge is 0.290 e. The van der Waals surface area contributed by atoms with Crippen LogP contribution in [0.3, 0.4) is 0 Å². The Morgan fingerprint density at radius 1 is 1.08 bits per heavy atom. The van der Waals surface area contributed by atoms with Gasteiger partial charge in [0.25, 0.3) is 5.56 Å². The lowest BCUT2D eigenvalue weighted by atomic mass is 10.2. The van der Waals surface area contributed by atoms with Gasteiger partial charge in [0.15, 0.2) is 0 Å². The van der Waals surface area contributed by atoms with E-state index in [0.29, 0.717) is 0 Å². The molecular weight excluding hydrogens is 376 g/mol. The third-order valence-corrected chi connectivity index (χ3v) is 6.07. The van der Waals surface area contributed by atoms with Gasteiger partial charge in [0.2, 0.25) is 15.8 Å². The fraction of sp³-hybridized carbons (Fsp3) is 0. The Kier molecular flexibility index (Phi) is 3.86. The zero-order chi connectivity index (χ0) is 18.3. The lowest BCUT2D eigenvalue weighted by Crippen LogP contribution is -2.14. The summed E-state index contributed by atoms with van der Waals surface area (Å²) < 4.78 is 27.1. The van der Waals surface area contributed by atoms with Crippen molar-refractivity contribution in [3.05, 3.63) is 76.3 Å². The number of rotatable bonds is 3. The number of aromatic amines is 1. The summed E-state index contributed by atoms with van der Waals surface area (Å²) in [5.41, 5.74) is -0.144. The molecule has 0 fully saturated rings. The quantitative estimate of drug-likeness (QED) is 0.583. The predicted molar refractivity (Wildman–Crippen MR) is 96.4 cm³/mol. The van der Waals surface area contributed by atoms with Gasteiger partial charge in [-0.2, -0.15) is 5.10 Å². The number of H-pyrrole nitrogens is 1. The highest BCUT2D eigenvalue weighted by atomic mass is 35.5. The summed E-state index contributed by atoms with van der Waals surface area (Å²) in [6.45, 7) is 0. The van der Waals surface area contributed by atoms with Crippen LogP contribution in [0.25, 0.3) is 16.9 Å². The summed E-state index contributed by atoms with van der Waals surface area (Å²) in [7, 11) is -3.85. The van der Waals surface area contributed by atoms with Crippen molar-refractivity contribution >= 4 is 32.3 Å². The highest BCUT2D eigenvalue weighted by Gasteiger charge is 2.21. The molecule has 0 bridgehead atoms. The third-order valence-electron chi connectivity index (χ3n) is 3.82. The zero-order valence-electron chi connectivity index (χ0n) is 13.1. The summed E-state index contributed by atoms with van der Waals surface area (Å²) in [6, 6.07) is 12.0. The van der Waals surface area contributed by atoms with Crippen LogP contribution < -0.4 is 5.56 Å². The molecular formula is C17H11ClN4O3S. The summed E-state index contributed by atoms with van der Waals surface area (Å²) >= 11 is 6.03. The second-order valence-corrected chi connectivity index (χ2v) is 7.78. The summed E-state index contributed by atoms with van der Waals surface area (Å²) in [6.07, 6.45) is 3.16. The maximum atomic E-state index is 12.9. The van der Waals surface area contributed by atoms with Crippen LogP contribution in [0, 0.1) is 0 Å². The van der Waals surface area contributed by atoms with Gasteiger partial charge in [-0.15, -0.1) is 0 Å². The molecule has 4 rings (SSSR count). The second kappa shape index (κ2) is 6.08. The van der Waals surface area contributed by atoms with Crippen LogP contribution in [0.1, 0.15) is 0 Å². The Hall–Kier alpha value is -2.97. The van der Waals surface area contributed by atoms with E-state index in [1.807, 2.05) is 0 Å². The van der Waals surface area contributed by atoms with E-state index < -0.39 is 9.84 Å². The van der Waals surface area contributed by atoms with E-state index in [1.54, 1.807) is 30.6 Å². The van der Waals surface area contributed by atoms with Crippen LogP contribution in [0.2, 0.25) is 5.02 Å². The molecule has 0 aliphatic heterocycles.